The third-order valence-corrected chi connectivity index (χ3v) is 4.48. The number of amides is 1. The molecule has 0 radical (unpaired) electrons. The number of anilines is 1. The number of halogens is 3. The predicted octanol–water partition coefficient (Wildman–Crippen LogP) is 5.01. The van der Waals surface area contributed by atoms with Gasteiger partial charge in [-0.2, -0.15) is 0 Å². The minimum atomic E-state index is -0.337. The quantitative estimate of drug-likeness (QED) is 0.772. The second-order valence-corrected chi connectivity index (χ2v) is 6.45. The minimum Gasteiger partial charge on any atom is -0.496 e. The molecular weight excluding hydrogens is 360 g/mol. The molecule has 0 aliphatic rings. The number of ether oxygens (including phenoxy) is 1. The van der Waals surface area contributed by atoms with Crippen molar-refractivity contribution in [3.8, 4) is 5.75 Å². The van der Waals surface area contributed by atoms with Gasteiger partial charge >= 0.3 is 0 Å². The normalized spacial score (nSPS) is 10.4. The van der Waals surface area contributed by atoms with Crippen molar-refractivity contribution in [1.82, 2.24) is 0 Å². The zero-order valence-electron chi connectivity index (χ0n) is 12.2. The Morgan fingerprint density at radius 3 is 2.78 bits per heavy atom. The molecule has 0 bridgehead atoms. The van der Waals surface area contributed by atoms with Gasteiger partial charge in [0.25, 0.3) is 0 Å². The lowest BCUT2D eigenvalue weighted by molar-refractivity contribution is -0.113. The molecule has 7 heteroatoms. The van der Waals surface area contributed by atoms with E-state index in [-0.39, 0.29) is 17.5 Å². The third-order valence-electron chi connectivity index (χ3n) is 2.94. The molecule has 122 valence electrons. The van der Waals surface area contributed by atoms with Gasteiger partial charge in [0.05, 0.1) is 23.6 Å². The second kappa shape index (κ2) is 8.43. The largest absolute Gasteiger partial charge is 0.496 e. The summed E-state index contributed by atoms with van der Waals surface area (Å²) >= 11 is 13.2. The zero-order chi connectivity index (χ0) is 16.8. The van der Waals surface area contributed by atoms with Crippen LogP contribution in [0.4, 0.5) is 10.1 Å². The first-order chi connectivity index (χ1) is 11.0. The summed E-state index contributed by atoms with van der Waals surface area (Å²) in [6.07, 6.45) is 0. The van der Waals surface area contributed by atoms with E-state index in [1.807, 2.05) is 0 Å². The monoisotopic (exact) mass is 373 g/mol. The average molecular weight is 374 g/mol. The standard InChI is InChI=1S/C16H14Cl2FNO2S/c1-22-15-5-3-12(19)6-10(15)8-23-9-16(21)20-14-7-11(17)2-4-13(14)18/h2-7H,8-9H2,1H3,(H,20,21). The molecule has 0 saturated heterocycles. The van der Waals surface area contributed by atoms with Gasteiger partial charge in [-0.3, -0.25) is 4.79 Å². The van der Waals surface area contributed by atoms with Crippen LogP contribution >= 0.6 is 35.0 Å². The van der Waals surface area contributed by atoms with Crippen molar-refractivity contribution < 1.29 is 13.9 Å². The van der Waals surface area contributed by atoms with Crippen LogP contribution in [0.3, 0.4) is 0 Å². The fourth-order valence-corrected chi connectivity index (χ4v) is 3.04. The van der Waals surface area contributed by atoms with Crippen molar-refractivity contribution in [2.75, 3.05) is 18.2 Å². The van der Waals surface area contributed by atoms with Crippen LogP contribution in [-0.2, 0) is 10.5 Å². The third kappa shape index (κ3) is 5.30. The van der Waals surface area contributed by atoms with E-state index in [9.17, 15) is 9.18 Å². The molecule has 0 unspecified atom stereocenters. The molecule has 3 nitrogen and oxygen atoms in total. The number of carbonyl (C=O) groups is 1. The van der Waals surface area contributed by atoms with E-state index in [2.05, 4.69) is 5.32 Å². The lowest BCUT2D eigenvalue weighted by atomic mass is 10.2. The molecule has 0 aliphatic heterocycles. The number of nitrogens with one attached hydrogen (secondary N) is 1. The maximum atomic E-state index is 13.3. The van der Waals surface area contributed by atoms with Crippen LogP contribution in [0.2, 0.25) is 10.0 Å². The number of methoxy groups -OCH3 is 1. The van der Waals surface area contributed by atoms with E-state index in [4.69, 9.17) is 27.9 Å². The van der Waals surface area contributed by atoms with Gasteiger partial charge in [0.2, 0.25) is 5.91 Å². The predicted molar refractivity (Wildman–Crippen MR) is 94.2 cm³/mol. The van der Waals surface area contributed by atoms with Crippen molar-refractivity contribution in [3.05, 3.63) is 57.8 Å². The molecule has 0 aliphatic carbocycles. The maximum Gasteiger partial charge on any atom is 0.234 e. The summed E-state index contributed by atoms with van der Waals surface area (Å²) in [6.45, 7) is 0. The highest BCUT2D eigenvalue weighted by Gasteiger charge is 2.09. The van der Waals surface area contributed by atoms with E-state index in [1.165, 1.54) is 31.0 Å². The Hall–Kier alpha value is -1.43. The van der Waals surface area contributed by atoms with E-state index < -0.39 is 0 Å². The molecule has 0 atom stereocenters. The summed E-state index contributed by atoms with van der Waals surface area (Å²) in [5, 5.41) is 3.60. The van der Waals surface area contributed by atoms with Crippen molar-refractivity contribution in [2.24, 2.45) is 0 Å². The summed E-state index contributed by atoms with van der Waals surface area (Å²) in [4.78, 5) is 11.9. The Kier molecular flexibility index (Phi) is 6.57. The molecule has 2 aromatic carbocycles. The molecule has 0 spiro atoms. The van der Waals surface area contributed by atoms with Gasteiger partial charge in [-0.15, -0.1) is 11.8 Å². The Morgan fingerprint density at radius 1 is 1.26 bits per heavy atom. The number of hydrogen-bond acceptors (Lipinski definition) is 3. The van der Waals surface area contributed by atoms with Crippen LogP contribution in [0, 0.1) is 5.82 Å². The van der Waals surface area contributed by atoms with Crippen molar-refractivity contribution in [2.45, 2.75) is 5.75 Å². The van der Waals surface area contributed by atoms with Crippen molar-refractivity contribution in [3.63, 3.8) is 0 Å². The van der Waals surface area contributed by atoms with Crippen molar-refractivity contribution >= 4 is 46.6 Å². The summed E-state index contributed by atoms with van der Waals surface area (Å²) in [6, 6.07) is 9.15. The second-order valence-electron chi connectivity index (χ2n) is 4.62. The molecule has 2 rings (SSSR count). The average Bonchev–Trinajstić information content (AvgIpc) is 2.51. The summed E-state index contributed by atoms with van der Waals surface area (Å²) in [5.74, 6) is 0.698. The van der Waals surface area contributed by atoms with Gasteiger partial charge in [-0.1, -0.05) is 23.2 Å². The van der Waals surface area contributed by atoms with Crippen LogP contribution < -0.4 is 10.1 Å². The van der Waals surface area contributed by atoms with Crippen LogP contribution in [0.1, 0.15) is 5.56 Å². The minimum absolute atomic E-state index is 0.197. The van der Waals surface area contributed by atoms with E-state index in [0.29, 0.717) is 32.8 Å². The molecule has 0 heterocycles. The number of hydrogen-bond donors (Lipinski definition) is 1. The first kappa shape index (κ1) is 17.9. The molecule has 1 N–H and O–H groups in total. The summed E-state index contributed by atoms with van der Waals surface area (Å²) in [5.41, 5.74) is 1.17. The van der Waals surface area contributed by atoms with E-state index >= 15 is 0 Å². The lowest BCUT2D eigenvalue weighted by Crippen LogP contribution is -2.14. The van der Waals surface area contributed by atoms with Gasteiger partial charge < -0.3 is 10.1 Å². The topological polar surface area (TPSA) is 38.3 Å². The van der Waals surface area contributed by atoms with Gasteiger partial charge in [-0.25, -0.2) is 4.39 Å². The number of carbonyl (C=O) groups excluding carboxylic acids is 1. The molecule has 23 heavy (non-hydrogen) atoms. The molecule has 0 aromatic heterocycles. The first-order valence-corrected chi connectivity index (χ1v) is 8.55. The van der Waals surface area contributed by atoms with Gasteiger partial charge in [0.15, 0.2) is 0 Å². The Balaban J connectivity index is 1.90. The zero-order valence-corrected chi connectivity index (χ0v) is 14.6. The summed E-state index contributed by atoms with van der Waals surface area (Å²) in [7, 11) is 1.52. The van der Waals surface area contributed by atoms with Gasteiger partial charge in [0, 0.05) is 16.3 Å². The molecule has 2 aromatic rings. The fraction of sp³-hybridized carbons (Fsp3) is 0.188. The Labute approximate surface area is 148 Å². The van der Waals surface area contributed by atoms with Gasteiger partial charge in [-0.05, 0) is 36.4 Å². The number of thioether (sulfide) groups is 1. The van der Waals surface area contributed by atoms with E-state index in [0.717, 1.165) is 0 Å². The molecular formula is C16H14Cl2FNO2S. The Morgan fingerprint density at radius 2 is 2.04 bits per heavy atom. The SMILES string of the molecule is COc1ccc(F)cc1CSCC(=O)Nc1cc(Cl)ccc1Cl. The first-order valence-electron chi connectivity index (χ1n) is 6.64. The number of rotatable bonds is 6. The maximum absolute atomic E-state index is 13.3. The van der Waals surface area contributed by atoms with Gasteiger partial charge in [0.1, 0.15) is 11.6 Å². The highest BCUT2D eigenvalue weighted by Crippen LogP contribution is 2.27. The number of benzene rings is 2. The van der Waals surface area contributed by atoms with Crippen molar-refractivity contribution in [1.29, 1.82) is 0 Å². The van der Waals surface area contributed by atoms with E-state index in [1.54, 1.807) is 24.3 Å². The fourth-order valence-electron chi connectivity index (χ4n) is 1.89. The van der Waals surface area contributed by atoms with Crippen LogP contribution in [0.5, 0.6) is 5.75 Å². The Bertz CT molecular complexity index is 712. The van der Waals surface area contributed by atoms with Crippen LogP contribution in [0.15, 0.2) is 36.4 Å². The smallest absolute Gasteiger partial charge is 0.234 e. The lowest BCUT2D eigenvalue weighted by Gasteiger charge is -2.09. The summed E-state index contributed by atoms with van der Waals surface area (Å²) < 4.78 is 18.4. The molecule has 0 saturated carbocycles. The molecule has 0 fully saturated rings. The van der Waals surface area contributed by atoms with Crippen LogP contribution in [0.25, 0.3) is 0 Å². The van der Waals surface area contributed by atoms with Crippen LogP contribution in [-0.4, -0.2) is 18.8 Å². The highest BCUT2D eigenvalue weighted by molar-refractivity contribution is 7.99. The highest BCUT2D eigenvalue weighted by atomic mass is 35.5. The molecule has 1 amide bonds.